The van der Waals surface area contributed by atoms with Crippen molar-refractivity contribution in [3.63, 3.8) is 0 Å². The highest BCUT2D eigenvalue weighted by Gasteiger charge is 2.19. The zero-order chi connectivity index (χ0) is 12.3. The molecule has 1 saturated carbocycles. The Hall–Kier alpha value is -1.33. The van der Waals surface area contributed by atoms with Crippen LogP contribution in [0.25, 0.3) is 0 Å². The third kappa shape index (κ3) is 3.08. The summed E-state index contributed by atoms with van der Waals surface area (Å²) in [6.45, 7) is 0. The van der Waals surface area contributed by atoms with Gasteiger partial charge in [-0.25, -0.2) is 0 Å². The van der Waals surface area contributed by atoms with E-state index in [-0.39, 0.29) is 11.9 Å². The van der Waals surface area contributed by atoms with E-state index in [1.54, 1.807) is 18.2 Å². The number of carbonyl (C=O) groups is 1. The second kappa shape index (κ2) is 5.34. The minimum Gasteiger partial charge on any atom is -0.423 e. The number of amides is 1. The van der Waals surface area contributed by atoms with E-state index in [0.717, 1.165) is 12.8 Å². The normalized spacial score (nSPS) is 15.9. The summed E-state index contributed by atoms with van der Waals surface area (Å²) in [6, 6.07) is 6.69. The standard InChI is InChI=1S/C12H16BNO3/c15-12(14-11-6-1-2-7-11)9-4-3-5-10(8-9)13(16)17/h3-5,8,11,16-17H,1-2,6-7H2,(H,14,15). The van der Waals surface area contributed by atoms with E-state index >= 15 is 0 Å². The summed E-state index contributed by atoms with van der Waals surface area (Å²) in [4.78, 5) is 11.9. The Morgan fingerprint density at radius 3 is 2.65 bits per heavy atom. The fourth-order valence-electron chi connectivity index (χ4n) is 2.18. The highest BCUT2D eigenvalue weighted by atomic mass is 16.4. The Morgan fingerprint density at radius 2 is 2.00 bits per heavy atom. The molecule has 0 saturated heterocycles. The van der Waals surface area contributed by atoms with Gasteiger partial charge in [-0.3, -0.25) is 4.79 Å². The maximum Gasteiger partial charge on any atom is 0.488 e. The molecule has 1 amide bonds. The van der Waals surface area contributed by atoms with Crippen molar-refractivity contribution in [2.24, 2.45) is 0 Å². The summed E-state index contributed by atoms with van der Waals surface area (Å²) < 4.78 is 0. The molecule has 1 aromatic carbocycles. The molecule has 0 spiro atoms. The van der Waals surface area contributed by atoms with Crippen molar-refractivity contribution in [3.8, 4) is 0 Å². The van der Waals surface area contributed by atoms with Gasteiger partial charge in [0.05, 0.1) is 0 Å². The molecule has 0 aliphatic heterocycles. The van der Waals surface area contributed by atoms with Gasteiger partial charge in [-0.2, -0.15) is 0 Å². The van der Waals surface area contributed by atoms with Gasteiger partial charge in [0.1, 0.15) is 0 Å². The molecule has 3 N–H and O–H groups in total. The third-order valence-electron chi connectivity index (χ3n) is 3.14. The van der Waals surface area contributed by atoms with Crippen LogP contribution >= 0.6 is 0 Å². The molecule has 17 heavy (non-hydrogen) atoms. The zero-order valence-electron chi connectivity index (χ0n) is 9.60. The van der Waals surface area contributed by atoms with Crippen LogP contribution < -0.4 is 10.8 Å². The molecule has 1 aliphatic rings. The zero-order valence-corrected chi connectivity index (χ0v) is 9.60. The lowest BCUT2D eigenvalue weighted by atomic mass is 9.79. The van der Waals surface area contributed by atoms with Crippen LogP contribution in [0.3, 0.4) is 0 Å². The Labute approximate surface area is 101 Å². The Morgan fingerprint density at radius 1 is 1.29 bits per heavy atom. The van der Waals surface area contributed by atoms with Crippen LogP contribution in [0.2, 0.25) is 0 Å². The maximum atomic E-state index is 11.9. The number of hydrogen-bond acceptors (Lipinski definition) is 3. The average molecular weight is 233 g/mol. The van der Waals surface area contributed by atoms with E-state index in [1.807, 2.05) is 0 Å². The highest BCUT2D eigenvalue weighted by molar-refractivity contribution is 6.58. The number of benzene rings is 1. The quantitative estimate of drug-likeness (QED) is 0.645. The molecular weight excluding hydrogens is 217 g/mol. The number of hydrogen-bond donors (Lipinski definition) is 3. The van der Waals surface area contributed by atoms with Crippen molar-refractivity contribution in [2.75, 3.05) is 0 Å². The molecule has 1 aliphatic carbocycles. The molecule has 0 bridgehead atoms. The van der Waals surface area contributed by atoms with E-state index in [2.05, 4.69) is 5.32 Å². The van der Waals surface area contributed by atoms with E-state index < -0.39 is 7.12 Å². The predicted octanol–water partition coefficient (Wildman–Crippen LogP) is 0.0388. The Kier molecular flexibility index (Phi) is 3.81. The molecule has 1 fully saturated rings. The predicted molar refractivity (Wildman–Crippen MR) is 66.0 cm³/mol. The first-order valence-corrected chi connectivity index (χ1v) is 5.94. The van der Waals surface area contributed by atoms with Gasteiger partial charge in [-0.15, -0.1) is 0 Å². The Bertz CT molecular complexity index is 402. The lowest BCUT2D eigenvalue weighted by Gasteiger charge is -2.12. The van der Waals surface area contributed by atoms with Gasteiger partial charge in [0, 0.05) is 11.6 Å². The molecule has 5 heteroatoms. The van der Waals surface area contributed by atoms with Gasteiger partial charge in [-0.1, -0.05) is 25.0 Å². The molecule has 1 aromatic rings. The van der Waals surface area contributed by atoms with Crippen molar-refractivity contribution < 1.29 is 14.8 Å². The minimum atomic E-state index is -1.53. The largest absolute Gasteiger partial charge is 0.488 e. The highest BCUT2D eigenvalue weighted by Crippen LogP contribution is 2.17. The van der Waals surface area contributed by atoms with Gasteiger partial charge in [-0.05, 0) is 30.4 Å². The van der Waals surface area contributed by atoms with Gasteiger partial charge < -0.3 is 15.4 Å². The monoisotopic (exact) mass is 233 g/mol. The fraction of sp³-hybridized carbons (Fsp3) is 0.417. The molecule has 4 nitrogen and oxygen atoms in total. The molecule has 0 unspecified atom stereocenters. The molecule has 0 atom stereocenters. The van der Waals surface area contributed by atoms with Gasteiger partial charge in [0.25, 0.3) is 5.91 Å². The average Bonchev–Trinajstić information content (AvgIpc) is 2.82. The number of nitrogens with one attached hydrogen (secondary N) is 1. The second-order valence-corrected chi connectivity index (χ2v) is 4.45. The van der Waals surface area contributed by atoms with Gasteiger partial charge >= 0.3 is 7.12 Å². The van der Waals surface area contributed by atoms with Crippen molar-refractivity contribution in [1.29, 1.82) is 0 Å². The summed E-state index contributed by atoms with van der Waals surface area (Å²) in [5, 5.41) is 21.0. The molecule has 2 rings (SSSR count). The third-order valence-corrected chi connectivity index (χ3v) is 3.14. The van der Waals surface area contributed by atoms with E-state index in [9.17, 15) is 4.79 Å². The SMILES string of the molecule is O=C(NC1CCCC1)c1cccc(B(O)O)c1. The molecule has 0 heterocycles. The summed E-state index contributed by atoms with van der Waals surface area (Å²) in [5.74, 6) is -0.139. The first kappa shape index (κ1) is 12.1. The fourth-order valence-corrected chi connectivity index (χ4v) is 2.18. The number of carbonyl (C=O) groups excluding carboxylic acids is 1. The second-order valence-electron chi connectivity index (χ2n) is 4.45. The molecule has 0 radical (unpaired) electrons. The lowest BCUT2D eigenvalue weighted by Crippen LogP contribution is -2.35. The molecule has 90 valence electrons. The van der Waals surface area contributed by atoms with E-state index in [1.165, 1.54) is 18.9 Å². The number of rotatable bonds is 3. The topological polar surface area (TPSA) is 69.6 Å². The summed E-state index contributed by atoms with van der Waals surface area (Å²) >= 11 is 0. The van der Waals surface area contributed by atoms with Crippen LogP contribution in [0.15, 0.2) is 24.3 Å². The molecular formula is C12H16BNO3. The van der Waals surface area contributed by atoms with Crippen molar-refractivity contribution in [3.05, 3.63) is 29.8 Å². The van der Waals surface area contributed by atoms with Crippen molar-refractivity contribution in [1.82, 2.24) is 5.32 Å². The first-order valence-electron chi connectivity index (χ1n) is 5.94. The van der Waals surface area contributed by atoms with Crippen LogP contribution in [-0.4, -0.2) is 29.1 Å². The van der Waals surface area contributed by atoms with Crippen LogP contribution in [0.5, 0.6) is 0 Å². The first-order chi connectivity index (χ1) is 8.16. The van der Waals surface area contributed by atoms with Gasteiger partial charge in [0.2, 0.25) is 0 Å². The van der Waals surface area contributed by atoms with Crippen LogP contribution in [-0.2, 0) is 0 Å². The molecule has 0 aromatic heterocycles. The van der Waals surface area contributed by atoms with E-state index in [4.69, 9.17) is 10.0 Å². The van der Waals surface area contributed by atoms with Crippen molar-refractivity contribution in [2.45, 2.75) is 31.7 Å². The smallest absolute Gasteiger partial charge is 0.423 e. The summed E-state index contributed by atoms with van der Waals surface area (Å²) in [6.07, 6.45) is 4.41. The van der Waals surface area contributed by atoms with Crippen LogP contribution in [0, 0.1) is 0 Å². The summed E-state index contributed by atoms with van der Waals surface area (Å²) in [7, 11) is -1.53. The van der Waals surface area contributed by atoms with Crippen LogP contribution in [0.1, 0.15) is 36.0 Å². The van der Waals surface area contributed by atoms with Gasteiger partial charge in [0.15, 0.2) is 0 Å². The summed E-state index contributed by atoms with van der Waals surface area (Å²) in [5.41, 5.74) is 0.812. The lowest BCUT2D eigenvalue weighted by molar-refractivity contribution is 0.0938. The van der Waals surface area contributed by atoms with E-state index in [0.29, 0.717) is 11.0 Å². The van der Waals surface area contributed by atoms with Crippen LogP contribution in [0.4, 0.5) is 0 Å². The Balaban J connectivity index is 2.05. The van der Waals surface area contributed by atoms with Crippen molar-refractivity contribution >= 4 is 18.5 Å². The minimum absolute atomic E-state index is 0.139. The maximum absolute atomic E-state index is 11.9.